The number of hydrogen-bond acceptors (Lipinski definition) is 5. The molecule has 0 unspecified atom stereocenters. The lowest BCUT2D eigenvalue weighted by Crippen LogP contribution is -2.46. The van der Waals surface area contributed by atoms with Gasteiger partial charge in [0.25, 0.3) is 0 Å². The number of rotatable bonds is 6. The summed E-state index contributed by atoms with van der Waals surface area (Å²) in [5.74, 6) is 0.400. The van der Waals surface area contributed by atoms with Gasteiger partial charge in [0.1, 0.15) is 0 Å². The Labute approximate surface area is 149 Å². The molecule has 1 aromatic rings. The van der Waals surface area contributed by atoms with Gasteiger partial charge in [-0.25, -0.2) is 8.42 Å². The van der Waals surface area contributed by atoms with Crippen LogP contribution in [0.25, 0.3) is 0 Å². The first-order valence-electron chi connectivity index (χ1n) is 8.32. The van der Waals surface area contributed by atoms with Gasteiger partial charge in [-0.3, -0.25) is 4.79 Å². The van der Waals surface area contributed by atoms with Crippen molar-refractivity contribution in [1.29, 1.82) is 0 Å². The molecule has 1 fully saturated rings. The first kappa shape index (κ1) is 19.5. The van der Waals surface area contributed by atoms with Gasteiger partial charge < -0.3 is 14.8 Å². The monoisotopic (exact) mass is 370 g/mol. The van der Waals surface area contributed by atoms with Gasteiger partial charge in [-0.15, -0.1) is 0 Å². The van der Waals surface area contributed by atoms with Crippen LogP contribution >= 0.6 is 0 Å². The van der Waals surface area contributed by atoms with Gasteiger partial charge >= 0.3 is 0 Å². The smallest absolute Gasteiger partial charge is 0.243 e. The molecule has 1 N–H and O–H groups in total. The Hall–Kier alpha value is -1.80. The lowest BCUT2D eigenvalue weighted by atomic mass is 9.98. The highest BCUT2D eigenvalue weighted by atomic mass is 32.2. The summed E-state index contributed by atoms with van der Waals surface area (Å²) in [6.45, 7) is 4.37. The maximum absolute atomic E-state index is 12.9. The molecule has 1 atom stereocenters. The minimum Gasteiger partial charge on any atom is -0.493 e. The van der Waals surface area contributed by atoms with E-state index in [1.807, 2.05) is 13.8 Å². The Morgan fingerprint density at radius 2 is 1.92 bits per heavy atom. The zero-order chi connectivity index (χ0) is 18.6. The SMILES string of the molecule is COc1ccc(S(=O)(=O)N2CCC[C@H](C(=O)NC(C)C)C2)cc1OC. The molecule has 1 aromatic carbocycles. The fourth-order valence-electron chi connectivity index (χ4n) is 2.90. The van der Waals surface area contributed by atoms with Crippen LogP contribution in [0.15, 0.2) is 23.1 Å². The summed E-state index contributed by atoms with van der Waals surface area (Å²) in [4.78, 5) is 12.4. The number of sulfonamides is 1. The van der Waals surface area contributed by atoms with E-state index in [4.69, 9.17) is 9.47 Å². The van der Waals surface area contributed by atoms with Crippen LogP contribution in [0.3, 0.4) is 0 Å². The van der Waals surface area contributed by atoms with Gasteiger partial charge in [-0.05, 0) is 38.8 Å². The minimum absolute atomic E-state index is 0.0327. The van der Waals surface area contributed by atoms with E-state index in [0.717, 1.165) is 0 Å². The summed E-state index contributed by atoms with van der Waals surface area (Å²) < 4.78 is 37.6. The average molecular weight is 370 g/mol. The third-order valence-corrected chi connectivity index (χ3v) is 6.04. The maximum Gasteiger partial charge on any atom is 0.243 e. The van der Waals surface area contributed by atoms with Gasteiger partial charge in [-0.2, -0.15) is 4.31 Å². The fourth-order valence-corrected chi connectivity index (χ4v) is 4.44. The summed E-state index contributed by atoms with van der Waals surface area (Å²) in [6.07, 6.45) is 1.35. The summed E-state index contributed by atoms with van der Waals surface area (Å²) in [5, 5.41) is 2.86. The minimum atomic E-state index is -3.70. The number of benzene rings is 1. The number of piperidine rings is 1. The Morgan fingerprint density at radius 1 is 1.24 bits per heavy atom. The van der Waals surface area contributed by atoms with E-state index in [0.29, 0.717) is 30.9 Å². The van der Waals surface area contributed by atoms with Crippen LogP contribution in [-0.4, -0.2) is 52.0 Å². The second-order valence-electron chi connectivity index (χ2n) is 6.38. The molecule has 1 aliphatic heterocycles. The molecule has 2 rings (SSSR count). The predicted molar refractivity (Wildman–Crippen MR) is 94.3 cm³/mol. The van der Waals surface area contributed by atoms with Crippen molar-refractivity contribution in [3.8, 4) is 11.5 Å². The average Bonchev–Trinajstić information content (AvgIpc) is 2.60. The van der Waals surface area contributed by atoms with Crippen LogP contribution in [0.4, 0.5) is 0 Å². The molecule has 8 heteroatoms. The second-order valence-corrected chi connectivity index (χ2v) is 8.32. The Morgan fingerprint density at radius 3 is 2.52 bits per heavy atom. The van der Waals surface area contributed by atoms with E-state index >= 15 is 0 Å². The van der Waals surface area contributed by atoms with Crippen LogP contribution in [0, 0.1) is 5.92 Å². The van der Waals surface area contributed by atoms with Crippen molar-refractivity contribution in [1.82, 2.24) is 9.62 Å². The number of amides is 1. The summed E-state index contributed by atoms with van der Waals surface area (Å²) in [6, 6.07) is 4.55. The number of methoxy groups -OCH3 is 2. The summed E-state index contributed by atoms with van der Waals surface area (Å²) in [7, 11) is -0.742. The third-order valence-electron chi connectivity index (χ3n) is 4.18. The second kappa shape index (κ2) is 8.05. The van der Waals surface area contributed by atoms with E-state index in [-0.39, 0.29) is 29.3 Å². The van der Waals surface area contributed by atoms with E-state index in [9.17, 15) is 13.2 Å². The van der Waals surface area contributed by atoms with E-state index in [1.54, 1.807) is 6.07 Å². The number of hydrogen-bond donors (Lipinski definition) is 1. The number of nitrogens with zero attached hydrogens (tertiary/aromatic N) is 1. The molecule has 25 heavy (non-hydrogen) atoms. The zero-order valence-electron chi connectivity index (χ0n) is 15.1. The molecule has 0 saturated carbocycles. The van der Waals surface area contributed by atoms with Gasteiger partial charge in [-0.1, -0.05) is 0 Å². The third kappa shape index (κ3) is 4.43. The molecule has 1 amide bonds. The standard InChI is InChI=1S/C17H26N2O5S/c1-12(2)18-17(20)13-6-5-9-19(11-13)25(21,22)14-7-8-15(23-3)16(10-14)24-4/h7-8,10,12-13H,5-6,9,11H2,1-4H3,(H,18,20)/t13-/m0/s1. The van der Waals surface area contributed by atoms with E-state index in [2.05, 4.69) is 5.32 Å². The molecule has 140 valence electrons. The molecule has 0 aliphatic carbocycles. The number of carbonyl (C=O) groups is 1. The molecule has 0 aromatic heterocycles. The maximum atomic E-state index is 12.9. The Balaban J connectivity index is 2.22. The molecule has 1 saturated heterocycles. The normalized spacial score (nSPS) is 18.8. The van der Waals surface area contributed by atoms with Crippen LogP contribution in [0.1, 0.15) is 26.7 Å². The van der Waals surface area contributed by atoms with Crippen LogP contribution in [0.5, 0.6) is 11.5 Å². The highest BCUT2D eigenvalue weighted by molar-refractivity contribution is 7.89. The molecular formula is C17H26N2O5S. The fraction of sp³-hybridized carbons (Fsp3) is 0.588. The zero-order valence-corrected chi connectivity index (χ0v) is 15.9. The van der Waals surface area contributed by atoms with Crippen molar-refractivity contribution < 1.29 is 22.7 Å². The van der Waals surface area contributed by atoms with Crippen LogP contribution in [-0.2, 0) is 14.8 Å². The van der Waals surface area contributed by atoms with Gasteiger partial charge in [0, 0.05) is 25.2 Å². The molecule has 0 radical (unpaired) electrons. The van der Waals surface area contributed by atoms with Gasteiger partial charge in [0.05, 0.1) is 25.0 Å². The van der Waals surface area contributed by atoms with E-state index < -0.39 is 10.0 Å². The van der Waals surface area contributed by atoms with Gasteiger partial charge in [0.15, 0.2) is 11.5 Å². The first-order valence-corrected chi connectivity index (χ1v) is 9.76. The molecule has 0 spiro atoms. The predicted octanol–water partition coefficient (Wildman–Crippen LogP) is 1.63. The quantitative estimate of drug-likeness (QED) is 0.823. The van der Waals surface area contributed by atoms with Crippen molar-refractivity contribution in [3.05, 3.63) is 18.2 Å². The van der Waals surface area contributed by atoms with Crippen molar-refractivity contribution in [2.24, 2.45) is 5.92 Å². The van der Waals surface area contributed by atoms with Crippen molar-refractivity contribution >= 4 is 15.9 Å². The number of ether oxygens (including phenoxy) is 2. The van der Waals surface area contributed by atoms with Crippen LogP contribution < -0.4 is 14.8 Å². The summed E-state index contributed by atoms with van der Waals surface area (Å²) in [5.41, 5.74) is 0. The topological polar surface area (TPSA) is 84.9 Å². The van der Waals surface area contributed by atoms with Crippen molar-refractivity contribution in [3.63, 3.8) is 0 Å². The molecular weight excluding hydrogens is 344 g/mol. The van der Waals surface area contributed by atoms with Crippen LogP contribution in [0.2, 0.25) is 0 Å². The largest absolute Gasteiger partial charge is 0.493 e. The number of carbonyl (C=O) groups excluding carboxylic acids is 1. The van der Waals surface area contributed by atoms with E-state index in [1.165, 1.54) is 30.7 Å². The highest BCUT2D eigenvalue weighted by Gasteiger charge is 2.33. The molecule has 7 nitrogen and oxygen atoms in total. The lowest BCUT2D eigenvalue weighted by Gasteiger charge is -2.31. The molecule has 1 aliphatic rings. The lowest BCUT2D eigenvalue weighted by molar-refractivity contribution is -0.126. The Kier molecular flexibility index (Phi) is 6.29. The highest BCUT2D eigenvalue weighted by Crippen LogP contribution is 2.32. The van der Waals surface area contributed by atoms with Gasteiger partial charge in [0.2, 0.25) is 15.9 Å². The number of nitrogens with one attached hydrogen (secondary N) is 1. The van der Waals surface area contributed by atoms with Crippen molar-refractivity contribution in [2.75, 3.05) is 27.3 Å². The summed E-state index contributed by atoms with van der Waals surface area (Å²) >= 11 is 0. The molecule has 0 bridgehead atoms. The molecule has 1 heterocycles. The Bertz CT molecular complexity index is 718. The van der Waals surface area contributed by atoms with Crippen molar-refractivity contribution in [2.45, 2.75) is 37.6 Å². The first-order chi connectivity index (χ1) is 11.8.